The average molecular weight is 443 g/mol. The molecule has 1 saturated heterocycles. The predicted octanol–water partition coefficient (Wildman–Crippen LogP) is 3.63. The Labute approximate surface area is 184 Å². The molecule has 164 valence electrons. The normalized spacial score (nSPS) is 18.6. The first-order chi connectivity index (χ1) is 15.1. The van der Waals surface area contributed by atoms with Crippen LogP contribution < -0.4 is 10.2 Å². The Kier molecular flexibility index (Phi) is 6.64. The van der Waals surface area contributed by atoms with Gasteiger partial charge in [0.2, 0.25) is 5.95 Å². The van der Waals surface area contributed by atoms with E-state index in [0.717, 1.165) is 34.4 Å². The van der Waals surface area contributed by atoms with Crippen LogP contribution in [0.4, 0.5) is 11.8 Å². The molecule has 1 aliphatic heterocycles. The van der Waals surface area contributed by atoms with E-state index in [1.54, 1.807) is 37.7 Å². The third-order valence-corrected chi connectivity index (χ3v) is 6.43. The molecule has 8 nitrogen and oxygen atoms in total. The van der Waals surface area contributed by atoms with Gasteiger partial charge in [0.25, 0.3) is 0 Å². The lowest BCUT2D eigenvalue weighted by molar-refractivity contribution is 0.0697. The van der Waals surface area contributed by atoms with E-state index in [4.69, 9.17) is 24.5 Å². The molecule has 2 atom stereocenters. The number of thiophene rings is 1. The SMILES string of the molecule is COC[C@@H]1CC[C@@H](COC)N1c1nc(NCc2ccc(C(=O)O)cc2)c2sccc2n1. The Morgan fingerprint density at radius 3 is 2.42 bits per heavy atom. The van der Waals surface area contributed by atoms with Crippen LogP contribution in [0.3, 0.4) is 0 Å². The zero-order chi connectivity index (χ0) is 21.8. The molecule has 1 fully saturated rings. The molecule has 0 amide bonds. The maximum Gasteiger partial charge on any atom is 0.335 e. The number of carboxylic acids is 1. The Hall–Kier alpha value is -2.75. The van der Waals surface area contributed by atoms with Crippen molar-refractivity contribution in [1.29, 1.82) is 0 Å². The first-order valence-corrected chi connectivity index (χ1v) is 11.1. The van der Waals surface area contributed by atoms with E-state index < -0.39 is 5.97 Å². The highest BCUT2D eigenvalue weighted by Crippen LogP contribution is 2.33. The number of hydrogen-bond acceptors (Lipinski definition) is 8. The van der Waals surface area contributed by atoms with Crippen LogP contribution in [-0.4, -0.2) is 60.6 Å². The number of hydrogen-bond donors (Lipinski definition) is 2. The highest BCUT2D eigenvalue weighted by Gasteiger charge is 2.35. The molecule has 2 N–H and O–H groups in total. The summed E-state index contributed by atoms with van der Waals surface area (Å²) in [7, 11) is 3.43. The van der Waals surface area contributed by atoms with Gasteiger partial charge in [0.1, 0.15) is 5.82 Å². The topological polar surface area (TPSA) is 96.8 Å². The molecule has 0 aliphatic carbocycles. The number of benzene rings is 1. The van der Waals surface area contributed by atoms with Crippen molar-refractivity contribution in [3.63, 3.8) is 0 Å². The van der Waals surface area contributed by atoms with E-state index in [0.29, 0.717) is 25.7 Å². The third-order valence-electron chi connectivity index (χ3n) is 5.52. The standard InChI is InChI=1S/C22H26N4O4S/c1-29-12-16-7-8-17(13-30-2)26(16)22-24-18-9-10-31-19(18)20(25-22)23-11-14-3-5-15(6-4-14)21(27)28/h3-6,9-10,16-17H,7-8,11-13H2,1-2H3,(H,27,28)(H,23,24,25)/t16-,17-/m0/s1. The Morgan fingerprint density at radius 2 is 1.81 bits per heavy atom. The second kappa shape index (κ2) is 9.59. The van der Waals surface area contributed by atoms with Gasteiger partial charge in [0, 0.05) is 20.8 Å². The lowest BCUT2D eigenvalue weighted by atomic mass is 10.1. The molecular formula is C22H26N4O4S. The van der Waals surface area contributed by atoms with Crippen molar-refractivity contribution < 1.29 is 19.4 Å². The lowest BCUT2D eigenvalue weighted by Gasteiger charge is -2.30. The van der Waals surface area contributed by atoms with Crippen molar-refractivity contribution in [3.8, 4) is 0 Å². The summed E-state index contributed by atoms with van der Waals surface area (Å²) < 4.78 is 11.9. The van der Waals surface area contributed by atoms with Gasteiger partial charge in [-0.1, -0.05) is 12.1 Å². The summed E-state index contributed by atoms with van der Waals surface area (Å²) in [6, 6.07) is 9.27. The van der Waals surface area contributed by atoms with Crippen molar-refractivity contribution >= 4 is 39.3 Å². The van der Waals surface area contributed by atoms with Crippen molar-refractivity contribution in [2.75, 3.05) is 37.7 Å². The summed E-state index contributed by atoms with van der Waals surface area (Å²) in [6.45, 7) is 1.76. The summed E-state index contributed by atoms with van der Waals surface area (Å²) in [5.41, 5.74) is 2.15. The van der Waals surface area contributed by atoms with Crippen LogP contribution in [0, 0.1) is 0 Å². The van der Waals surface area contributed by atoms with E-state index in [2.05, 4.69) is 10.2 Å². The second-order valence-corrected chi connectivity index (χ2v) is 8.48. The number of methoxy groups -OCH3 is 2. The van der Waals surface area contributed by atoms with Gasteiger partial charge in [-0.25, -0.2) is 9.78 Å². The number of nitrogens with zero attached hydrogens (tertiary/aromatic N) is 3. The van der Waals surface area contributed by atoms with Crippen molar-refractivity contribution in [3.05, 3.63) is 46.8 Å². The highest BCUT2D eigenvalue weighted by atomic mass is 32.1. The Bertz CT molecular complexity index is 1030. The molecule has 1 aromatic carbocycles. The van der Waals surface area contributed by atoms with E-state index >= 15 is 0 Å². The number of anilines is 2. The number of carboxylic acid groups (broad SMARTS) is 1. The monoisotopic (exact) mass is 442 g/mol. The van der Waals surface area contributed by atoms with Crippen LogP contribution in [0.2, 0.25) is 0 Å². The fraction of sp³-hybridized carbons (Fsp3) is 0.409. The van der Waals surface area contributed by atoms with Crippen LogP contribution in [-0.2, 0) is 16.0 Å². The number of fused-ring (bicyclic) bond motifs is 1. The van der Waals surface area contributed by atoms with E-state index in [9.17, 15) is 4.79 Å². The summed E-state index contributed by atoms with van der Waals surface area (Å²) >= 11 is 1.60. The lowest BCUT2D eigenvalue weighted by Crippen LogP contribution is -2.42. The first-order valence-electron chi connectivity index (χ1n) is 10.2. The minimum Gasteiger partial charge on any atom is -0.478 e. The molecule has 4 rings (SSSR count). The fourth-order valence-electron chi connectivity index (χ4n) is 4.04. The summed E-state index contributed by atoms with van der Waals surface area (Å²) in [4.78, 5) is 23.0. The number of aromatic carboxylic acids is 1. The molecule has 31 heavy (non-hydrogen) atoms. The second-order valence-electron chi connectivity index (χ2n) is 7.57. The number of aromatic nitrogens is 2. The van der Waals surface area contributed by atoms with Gasteiger partial charge in [0.05, 0.1) is 41.1 Å². The van der Waals surface area contributed by atoms with Gasteiger partial charge in [-0.15, -0.1) is 11.3 Å². The van der Waals surface area contributed by atoms with Crippen LogP contribution in [0.15, 0.2) is 35.7 Å². The minimum absolute atomic E-state index is 0.206. The molecule has 0 saturated carbocycles. The van der Waals surface area contributed by atoms with Gasteiger partial charge in [-0.2, -0.15) is 4.98 Å². The van der Waals surface area contributed by atoms with Crippen molar-refractivity contribution in [2.24, 2.45) is 0 Å². The van der Waals surface area contributed by atoms with E-state index in [-0.39, 0.29) is 17.6 Å². The van der Waals surface area contributed by atoms with Gasteiger partial charge >= 0.3 is 5.97 Å². The molecule has 0 bridgehead atoms. The van der Waals surface area contributed by atoms with Gasteiger partial charge < -0.3 is 24.8 Å². The number of rotatable bonds is 9. The zero-order valence-corrected chi connectivity index (χ0v) is 18.4. The average Bonchev–Trinajstić information content (AvgIpc) is 3.40. The maximum atomic E-state index is 11.1. The largest absolute Gasteiger partial charge is 0.478 e. The number of ether oxygens (including phenoxy) is 2. The zero-order valence-electron chi connectivity index (χ0n) is 17.6. The first kappa shape index (κ1) is 21.5. The quantitative estimate of drug-likeness (QED) is 0.519. The van der Waals surface area contributed by atoms with Gasteiger partial charge in [-0.3, -0.25) is 0 Å². The van der Waals surface area contributed by atoms with E-state index in [1.165, 1.54) is 0 Å². The molecule has 9 heteroatoms. The van der Waals surface area contributed by atoms with Crippen molar-refractivity contribution in [2.45, 2.75) is 31.5 Å². The van der Waals surface area contributed by atoms with Crippen LogP contribution in [0.25, 0.3) is 10.2 Å². The molecular weight excluding hydrogens is 416 g/mol. The van der Waals surface area contributed by atoms with Gasteiger partial charge in [0.15, 0.2) is 0 Å². The third kappa shape index (κ3) is 4.63. The van der Waals surface area contributed by atoms with Crippen LogP contribution in [0.5, 0.6) is 0 Å². The summed E-state index contributed by atoms with van der Waals surface area (Å²) in [5.74, 6) is 0.523. The smallest absolute Gasteiger partial charge is 0.335 e. The molecule has 2 aromatic heterocycles. The maximum absolute atomic E-state index is 11.1. The Morgan fingerprint density at radius 1 is 1.13 bits per heavy atom. The fourth-order valence-corrected chi connectivity index (χ4v) is 4.83. The van der Waals surface area contributed by atoms with Crippen molar-refractivity contribution in [1.82, 2.24) is 9.97 Å². The van der Waals surface area contributed by atoms with Crippen LogP contribution >= 0.6 is 11.3 Å². The summed E-state index contributed by atoms with van der Waals surface area (Å²) in [5, 5.41) is 14.5. The molecule has 0 radical (unpaired) electrons. The van der Waals surface area contributed by atoms with Crippen LogP contribution in [0.1, 0.15) is 28.8 Å². The molecule has 3 aromatic rings. The van der Waals surface area contributed by atoms with Gasteiger partial charge in [-0.05, 0) is 42.0 Å². The molecule has 0 spiro atoms. The number of nitrogens with one attached hydrogen (secondary N) is 1. The number of carbonyl (C=O) groups is 1. The highest BCUT2D eigenvalue weighted by molar-refractivity contribution is 7.17. The molecule has 0 unspecified atom stereocenters. The molecule has 1 aliphatic rings. The summed E-state index contributed by atoms with van der Waals surface area (Å²) in [6.07, 6.45) is 2.01. The van der Waals surface area contributed by atoms with E-state index in [1.807, 2.05) is 23.6 Å². The minimum atomic E-state index is -0.929. The Balaban J connectivity index is 1.61. The predicted molar refractivity (Wildman–Crippen MR) is 121 cm³/mol. The molecule has 3 heterocycles.